The molecule has 0 saturated heterocycles. The van der Waals surface area contributed by atoms with Crippen LogP contribution in [0.4, 0.5) is 4.39 Å². The Morgan fingerprint density at radius 1 is 0.913 bits per heavy atom. The molecule has 0 bridgehead atoms. The van der Waals surface area contributed by atoms with Crippen LogP contribution in [0.25, 0.3) is 28.0 Å². The van der Waals surface area contributed by atoms with E-state index in [0.29, 0.717) is 0 Å². The molecule has 0 spiro atoms. The lowest BCUT2D eigenvalue weighted by Gasteiger charge is -2.02. The van der Waals surface area contributed by atoms with E-state index in [4.69, 9.17) is 5.10 Å². The maximum atomic E-state index is 13.2. The number of nitrogens with zero attached hydrogens (tertiary/aromatic N) is 3. The summed E-state index contributed by atoms with van der Waals surface area (Å²) in [5.41, 5.74) is 4.60. The van der Waals surface area contributed by atoms with Crippen LogP contribution in [0, 0.1) is 12.7 Å². The highest BCUT2D eigenvalue weighted by atomic mass is 19.1. The van der Waals surface area contributed by atoms with Gasteiger partial charge in [-0.3, -0.25) is 0 Å². The standard InChI is InChI=1S/C19H14FN3/c1-13-4-10-16(11-5-13)23-19-17(3-2-12-21-19)18(22-23)14-6-8-15(20)9-7-14/h2-12H,1H3. The molecule has 0 unspecified atom stereocenters. The Bertz CT molecular complexity index is 890. The summed E-state index contributed by atoms with van der Waals surface area (Å²) in [7, 11) is 0. The van der Waals surface area contributed by atoms with E-state index in [2.05, 4.69) is 4.98 Å². The highest BCUT2D eigenvalue weighted by Crippen LogP contribution is 2.28. The second-order valence-electron chi connectivity index (χ2n) is 5.48. The van der Waals surface area contributed by atoms with Crippen LogP contribution >= 0.6 is 0 Å². The van der Waals surface area contributed by atoms with Gasteiger partial charge in [-0.05, 0) is 55.5 Å². The van der Waals surface area contributed by atoms with E-state index in [1.807, 2.05) is 48.0 Å². The molecule has 2 heterocycles. The van der Waals surface area contributed by atoms with Crippen molar-refractivity contribution in [2.75, 3.05) is 0 Å². The molecule has 2 aromatic heterocycles. The van der Waals surface area contributed by atoms with Crippen molar-refractivity contribution < 1.29 is 4.39 Å². The van der Waals surface area contributed by atoms with Gasteiger partial charge in [0.1, 0.15) is 11.5 Å². The average molecular weight is 303 g/mol. The Morgan fingerprint density at radius 2 is 1.65 bits per heavy atom. The van der Waals surface area contributed by atoms with Crippen LogP contribution in [0.1, 0.15) is 5.56 Å². The number of pyridine rings is 1. The third kappa shape index (κ3) is 2.38. The van der Waals surface area contributed by atoms with E-state index >= 15 is 0 Å². The molecule has 4 aromatic rings. The topological polar surface area (TPSA) is 30.7 Å². The van der Waals surface area contributed by atoms with Crippen LogP contribution in [0.2, 0.25) is 0 Å². The van der Waals surface area contributed by atoms with Crippen molar-refractivity contribution in [2.24, 2.45) is 0 Å². The summed E-state index contributed by atoms with van der Waals surface area (Å²) in [5.74, 6) is -0.255. The molecule has 0 aliphatic rings. The van der Waals surface area contributed by atoms with Gasteiger partial charge in [-0.15, -0.1) is 0 Å². The first-order valence-corrected chi connectivity index (χ1v) is 7.39. The van der Waals surface area contributed by atoms with Gasteiger partial charge in [0.2, 0.25) is 0 Å². The Labute approximate surface area is 133 Å². The van der Waals surface area contributed by atoms with Crippen LogP contribution in [-0.4, -0.2) is 14.8 Å². The van der Waals surface area contributed by atoms with Gasteiger partial charge in [0.15, 0.2) is 5.65 Å². The Kier molecular flexibility index (Phi) is 3.15. The number of aromatic nitrogens is 3. The first-order chi connectivity index (χ1) is 11.2. The number of halogens is 1. The van der Waals surface area contributed by atoms with Gasteiger partial charge in [0, 0.05) is 17.1 Å². The van der Waals surface area contributed by atoms with Crippen LogP contribution in [0.15, 0.2) is 66.9 Å². The van der Waals surface area contributed by atoms with E-state index < -0.39 is 0 Å². The van der Waals surface area contributed by atoms with Gasteiger partial charge < -0.3 is 0 Å². The molecule has 4 heteroatoms. The summed E-state index contributed by atoms with van der Waals surface area (Å²) in [6.07, 6.45) is 1.75. The fourth-order valence-electron chi connectivity index (χ4n) is 2.64. The summed E-state index contributed by atoms with van der Waals surface area (Å²) in [6.45, 7) is 2.05. The first kappa shape index (κ1) is 13.6. The molecule has 4 rings (SSSR count). The number of hydrogen-bond acceptors (Lipinski definition) is 2. The second-order valence-corrected chi connectivity index (χ2v) is 5.48. The number of benzene rings is 2. The zero-order valence-electron chi connectivity index (χ0n) is 12.6. The van der Waals surface area contributed by atoms with E-state index in [0.717, 1.165) is 28.0 Å². The van der Waals surface area contributed by atoms with Crippen molar-refractivity contribution in [1.82, 2.24) is 14.8 Å². The Balaban J connectivity index is 1.96. The first-order valence-electron chi connectivity index (χ1n) is 7.39. The van der Waals surface area contributed by atoms with Crippen molar-refractivity contribution in [1.29, 1.82) is 0 Å². The zero-order chi connectivity index (χ0) is 15.8. The highest BCUT2D eigenvalue weighted by molar-refractivity contribution is 5.91. The monoisotopic (exact) mass is 303 g/mol. The number of rotatable bonds is 2. The second kappa shape index (κ2) is 5.32. The van der Waals surface area contributed by atoms with Crippen LogP contribution in [0.3, 0.4) is 0 Å². The molecule has 0 amide bonds. The van der Waals surface area contributed by atoms with Crippen molar-refractivity contribution >= 4 is 11.0 Å². The molecule has 0 aliphatic carbocycles. The van der Waals surface area contributed by atoms with Crippen molar-refractivity contribution in [3.63, 3.8) is 0 Å². The third-order valence-corrected chi connectivity index (χ3v) is 3.84. The van der Waals surface area contributed by atoms with Gasteiger partial charge in [0.05, 0.1) is 5.69 Å². The number of aryl methyl sites for hydroxylation is 1. The summed E-state index contributed by atoms with van der Waals surface area (Å²) < 4.78 is 15.0. The van der Waals surface area contributed by atoms with Gasteiger partial charge in [-0.2, -0.15) is 5.10 Å². The minimum absolute atomic E-state index is 0.255. The van der Waals surface area contributed by atoms with Crippen LogP contribution < -0.4 is 0 Å². The molecule has 0 saturated carbocycles. The predicted octanol–water partition coefficient (Wildman–Crippen LogP) is 4.54. The SMILES string of the molecule is Cc1ccc(-n2nc(-c3ccc(F)cc3)c3cccnc32)cc1. The van der Waals surface area contributed by atoms with Crippen molar-refractivity contribution in [3.05, 3.63) is 78.2 Å². The Hall–Kier alpha value is -3.01. The van der Waals surface area contributed by atoms with Crippen molar-refractivity contribution in [3.8, 4) is 16.9 Å². The molecule has 0 N–H and O–H groups in total. The van der Waals surface area contributed by atoms with Gasteiger partial charge in [0.25, 0.3) is 0 Å². The lowest BCUT2D eigenvalue weighted by atomic mass is 10.1. The summed E-state index contributed by atoms with van der Waals surface area (Å²) >= 11 is 0. The van der Waals surface area contributed by atoms with E-state index in [1.54, 1.807) is 18.3 Å². The summed E-state index contributed by atoms with van der Waals surface area (Å²) in [6, 6.07) is 18.4. The predicted molar refractivity (Wildman–Crippen MR) is 89.0 cm³/mol. The number of fused-ring (bicyclic) bond motifs is 1. The van der Waals surface area contributed by atoms with E-state index in [1.165, 1.54) is 17.7 Å². The molecule has 0 aliphatic heterocycles. The average Bonchev–Trinajstić information content (AvgIpc) is 2.96. The Morgan fingerprint density at radius 3 is 2.39 bits per heavy atom. The van der Waals surface area contributed by atoms with Crippen molar-refractivity contribution in [2.45, 2.75) is 6.92 Å². The molecule has 3 nitrogen and oxygen atoms in total. The zero-order valence-corrected chi connectivity index (χ0v) is 12.6. The van der Waals surface area contributed by atoms with E-state index in [9.17, 15) is 4.39 Å². The molecule has 2 aromatic carbocycles. The van der Waals surface area contributed by atoms with Crippen LogP contribution in [-0.2, 0) is 0 Å². The lowest BCUT2D eigenvalue weighted by Crippen LogP contribution is -1.97. The quantitative estimate of drug-likeness (QED) is 0.544. The summed E-state index contributed by atoms with van der Waals surface area (Å²) in [4.78, 5) is 4.47. The molecule has 0 radical (unpaired) electrons. The maximum Gasteiger partial charge on any atom is 0.163 e. The van der Waals surface area contributed by atoms with Crippen LogP contribution in [0.5, 0.6) is 0 Å². The third-order valence-electron chi connectivity index (χ3n) is 3.84. The molecule has 0 atom stereocenters. The normalized spacial score (nSPS) is 11.0. The summed E-state index contributed by atoms with van der Waals surface area (Å²) in [5, 5.41) is 5.67. The maximum absolute atomic E-state index is 13.2. The fourth-order valence-corrected chi connectivity index (χ4v) is 2.64. The lowest BCUT2D eigenvalue weighted by molar-refractivity contribution is 0.628. The minimum Gasteiger partial charge on any atom is -0.237 e. The molecule has 0 fully saturated rings. The molecule has 23 heavy (non-hydrogen) atoms. The molecular weight excluding hydrogens is 289 g/mol. The smallest absolute Gasteiger partial charge is 0.163 e. The molecular formula is C19H14FN3. The number of hydrogen-bond donors (Lipinski definition) is 0. The van der Waals surface area contributed by atoms with Gasteiger partial charge >= 0.3 is 0 Å². The minimum atomic E-state index is -0.255. The van der Waals surface area contributed by atoms with Gasteiger partial charge in [-0.25, -0.2) is 14.1 Å². The largest absolute Gasteiger partial charge is 0.237 e. The van der Waals surface area contributed by atoms with Gasteiger partial charge in [-0.1, -0.05) is 17.7 Å². The fraction of sp³-hybridized carbons (Fsp3) is 0.0526. The van der Waals surface area contributed by atoms with E-state index in [-0.39, 0.29) is 5.82 Å². The highest BCUT2D eigenvalue weighted by Gasteiger charge is 2.14. The molecule has 112 valence electrons.